The lowest BCUT2D eigenvalue weighted by atomic mass is 9.95. The number of hydrogen-bond donors (Lipinski definition) is 1. The van der Waals surface area contributed by atoms with Gasteiger partial charge in [-0.1, -0.05) is 12.1 Å². The third-order valence-corrected chi connectivity index (χ3v) is 2.61. The highest BCUT2D eigenvalue weighted by atomic mass is 19.4. The quantitative estimate of drug-likeness (QED) is 0.841. The highest BCUT2D eigenvalue weighted by Gasteiger charge is 2.32. The number of alkyl halides is 3. The van der Waals surface area contributed by atoms with Crippen molar-refractivity contribution >= 4 is 11.9 Å². The van der Waals surface area contributed by atoms with E-state index < -0.39 is 35.5 Å². The number of halogens is 3. The largest absolute Gasteiger partial charge is 0.573 e. The van der Waals surface area contributed by atoms with Crippen LogP contribution in [0.4, 0.5) is 13.2 Å². The lowest BCUT2D eigenvalue weighted by Gasteiger charge is -2.23. The van der Waals surface area contributed by atoms with Crippen molar-refractivity contribution < 1.29 is 32.2 Å². The second-order valence-electron chi connectivity index (χ2n) is 5.87. The maximum atomic E-state index is 12.2. The SMILES string of the molecule is CC(C)(C)OC(=O)C(CC(N)=O)c1ccc(OC(F)(F)F)cc1. The zero-order chi connectivity index (χ0) is 17.8. The van der Waals surface area contributed by atoms with Gasteiger partial charge in [-0.05, 0) is 38.5 Å². The lowest BCUT2D eigenvalue weighted by molar-refractivity contribution is -0.274. The van der Waals surface area contributed by atoms with Crippen molar-refractivity contribution in [2.45, 2.75) is 45.1 Å². The minimum Gasteiger partial charge on any atom is -0.459 e. The number of primary amides is 1. The molecule has 1 amide bonds. The average molecular weight is 333 g/mol. The van der Waals surface area contributed by atoms with E-state index in [4.69, 9.17) is 10.5 Å². The number of rotatable bonds is 5. The summed E-state index contributed by atoms with van der Waals surface area (Å²) in [4.78, 5) is 23.3. The molecule has 1 aromatic carbocycles. The van der Waals surface area contributed by atoms with Crippen LogP contribution in [0.15, 0.2) is 24.3 Å². The Bertz CT molecular complexity index is 562. The highest BCUT2D eigenvalue weighted by molar-refractivity contribution is 5.86. The van der Waals surface area contributed by atoms with Crippen LogP contribution in [0.25, 0.3) is 0 Å². The summed E-state index contributed by atoms with van der Waals surface area (Å²) in [5, 5.41) is 0. The van der Waals surface area contributed by atoms with E-state index in [1.807, 2.05) is 0 Å². The zero-order valence-corrected chi connectivity index (χ0v) is 12.9. The normalized spacial score (nSPS) is 13.3. The van der Waals surface area contributed by atoms with Gasteiger partial charge in [-0.3, -0.25) is 9.59 Å². The molecule has 23 heavy (non-hydrogen) atoms. The summed E-state index contributed by atoms with van der Waals surface area (Å²) in [6, 6.07) is 4.64. The van der Waals surface area contributed by atoms with Crippen LogP contribution in [-0.4, -0.2) is 23.8 Å². The van der Waals surface area contributed by atoms with Crippen LogP contribution in [0.2, 0.25) is 0 Å². The number of benzene rings is 1. The van der Waals surface area contributed by atoms with Gasteiger partial charge >= 0.3 is 12.3 Å². The van der Waals surface area contributed by atoms with Crippen LogP contribution in [0.1, 0.15) is 38.7 Å². The van der Waals surface area contributed by atoms with Gasteiger partial charge in [0, 0.05) is 6.42 Å². The first-order valence-electron chi connectivity index (χ1n) is 6.74. The van der Waals surface area contributed by atoms with Gasteiger partial charge in [0.25, 0.3) is 0 Å². The topological polar surface area (TPSA) is 78.6 Å². The van der Waals surface area contributed by atoms with Gasteiger partial charge in [0.05, 0.1) is 5.92 Å². The Balaban J connectivity index is 2.99. The molecule has 0 heterocycles. The van der Waals surface area contributed by atoms with Gasteiger partial charge in [0.2, 0.25) is 5.91 Å². The van der Waals surface area contributed by atoms with Crippen LogP contribution < -0.4 is 10.5 Å². The average Bonchev–Trinajstić information content (AvgIpc) is 2.32. The minimum atomic E-state index is -4.81. The zero-order valence-electron chi connectivity index (χ0n) is 12.9. The van der Waals surface area contributed by atoms with E-state index in [9.17, 15) is 22.8 Å². The minimum absolute atomic E-state index is 0.311. The molecule has 0 aromatic heterocycles. The molecule has 0 bridgehead atoms. The first kappa shape index (κ1) is 18.8. The maximum absolute atomic E-state index is 12.2. The van der Waals surface area contributed by atoms with Gasteiger partial charge in [-0.15, -0.1) is 13.2 Å². The van der Waals surface area contributed by atoms with Crippen molar-refractivity contribution in [3.05, 3.63) is 29.8 Å². The van der Waals surface area contributed by atoms with Gasteiger partial charge in [0.15, 0.2) is 0 Å². The fraction of sp³-hybridized carbons (Fsp3) is 0.467. The Morgan fingerprint density at radius 2 is 1.65 bits per heavy atom. The van der Waals surface area contributed by atoms with Crippen molar-refractivity contribution in [2.24, 2.45) is 5.73 Å². The molecule has 0 saturated heterocycles. The third-order valence-electron chi connectivity index (χ3n) is 2.61. The van der Waals surface area contributed by atoms with E-state index in [2.05, 4.69) is 4.74 Å². The van der Waals surface area contributed by atoms with Crippen molar-refractivity contribution in [1.82, 2.24) is 0 Å². The molecule has 1 unspecified atom stereocenters. The number of carbonyl (C=O) groups excluding carboxylic acids is 2. The van der Waals surface area contributed by atoms with E-state index in [0.717, 1.165) is 12.1 Å². The summed E-state index contributed by atoms with van der Waals surface area (Å²) < 4.78 is 45.3. The van der Waals surface area contributed by atoms with E-state index in [1.165, 1.54) is 12.1 Å². The Hall–Kier alpha value is -2.25. The van der Waals surface area contributed by atoms with Gasteiger partial charge in [-0.25, -0.2) is 0 Å². The summed E-state index contributed by atoms with van der Waals surface area (Å²) in [5.41, 5.74) is 4.67. The van der Waals surface area contributed by atoms with Crippen molar-refractivity contribution in [2.75, 3.05) is 0 Å². The first-order valence-corrected chi connectivity index (χ1v) is 6.74. The van der Waals surface area contributed by atoms with Crippen LogP contribution in [0, 0.1) is 0 Å². The molecular formula is C15H18F3NO4. The summed E-state index contributed by atoms with van der Waals surface area (Å²) in [6.45, 7) is 4.98. The van der Waals surface area contributed by atoms with Crippen LogP contribution in [0.5, 0.6) is 5.75 Å². The third kappa shape index (κ3) is 7.03. The number of nitrogens with two attached hydrogens (primary N) is 1. The highest BCUT2D eigenvalue weighted by Crippen LogP contribution is 2.28. The number of hydrogen-bond acceptors (Lipinski definition) is 4. The Labute approximate surface area is 131 Å². The molecule has 2 N–H and O–H groups in total. The summed E-state index contributed by atoms with van der Waals surface area (Å²) in [7, 11) is 0. The molecule has 0 aliphatic heterocycles. The van der Waals surface area contributed by atoms with Crippen LogP contribution in [-0.2, 0) is 14.3 Å². The summed E-state index contributed by atoms with van der Waals surface area (Å²) >= 11 is 0. The monoisotopic (exact) mass is 333 g/mol. The van der Waals surface area contributed by atoms with E-state index in [-0.39, 0.29) is 6.42 Å². The molecule has 0 radical (unpaired) electrons. The van der Waals surface area contributed by atoms with Crippen molar-refractivity contribution in [3.8, 4) is 5.75 Å². The number of amides is 1. The smallest absolute Gasteiger partial charge is 0.459 e. The van der Waals surface area contributed by atoms with Crippen LogP contribution >= 0.6 is 0 Å². The summed E-state index contributed by atoms with van der Waals surface area (Å²) in [5.74, 6) is -2.83. The molecule has 1 atom stereocenters. The molecular weight excluding hydrogens is 315 g/mol. The second kappa shape index (κ2) is 6.89. The van der Waals surface area contributed by atoms with E-state index in [1.54, 1.807) is 20.8 Å². The maximum Gasteiger partial charge on any atom is 0.573 e. The molecule has 1 rings (SSSR count). The Morgan fingerprint density at radius 1 is 1.13 bits per heavy atom. The molecule has 128 valence electrons. The molecule has 0 aliphatic rings. The van der Waals surface area contributed by atoms with Crippen molar-refractivity contribution in [3.63, 3.8) is 0 Å². The number of ether oxygens (including phenoxy) is 2. The Kier molecular flexibility index (Phi) is 5.63. The fourth-order valence-corrected chi connectivity index (χ4v) is 1.81. The molecule has 8 heteroatoms. The molecule has 0 aliphatic carbocycles. The fourth-order valence-electron chi connectivity index (χ4n) is 1.81. The standard InChI is InChI=1S/C15H18F3NO4/c1-14(2,3)23-13(21)11(8-12(19)20)9-4-6-10(7-5-9)22-15(16,17)18/h4-7,11H,8H2,1-3H3,(H2,19,20). The predicted octanol–water partition coefficient (Wildman–Crippen LogP) is 2.89. The van der Waals surface area contributed by atoms with Gasteiger partial charge in [-0.2, -0.15) is 0 Å². The molecule has 0 fully saturated rings. The lowest BCUT2D eigenvalue weighted by Crippen LogP contribution is -2.30. The molecule has 0 saturated carbocycles. The first-order chi connectivity index (χ1) is 10.4. The van der Waals surface area contributed by atoms with Gasteiger partial charge < -0.3 is 15.2 Å². The second-order valence-corrected chi connectivity index (χ2v) is 5.87. The van der Waals surface area contributed by atoms with Gasteiger partial charge in [0.1, 0.15) is 11.4 Å². The summed E-state index contributed by atoms with van der Waals surface area (Å²) in [6.07, 6.45) is -5.12. The molecule has 5 nitrogen and oxygen atoms in total. The Morgan fingerprint density at radius 3 is 2.04 bits per heavy atom. The number of esters is 1. The molecule has 1 aromatic rings. The number of carbonyl (C=O) groups is 2. The van der Waals surface area contributed by atoms with Crippen molar-refractivity contribution in [1.29, 1.82) is 0 Å². The van der Waals surface area contributed by atoms with E-state index in [0.29, 0.717) is 5.56 Å². The predicted molar refractivity (Wildman–Crippen MR) is 75.5 cm³/mol. The van der Waals surface area contributed by atoms with Crippen LogP contribution in [0.3, 0.4) is 0 Å². The van der Waals surface area contributed by atoms with E-state index >= 15 is 0 Å². The molecule has 0 spiro atoms.